The SMILES string of the molecule is O=S1(=O)CC2C(CC3OCOC32)N1. The molecular weight excluding hydrogens is 194 g/mol. The van der Waals surface area contributed by atoms with Gasteiger partial charge in [-0.1, -0.05) is 0 Å². The van der Waals surface area contributed by atoms with Crippen LogP contribution in [-0.2, 0) is 19.5 Å². The van der Waals surface area contributed by atoms with Gasteiger partial charge in [-0.15, -0.1) is 0 Å². The summed E-state index contributed by atoms with van der Waals surface area (Å²) in [6.45, 7) is 0.318. The average Bonchev–Trinajstić information content (AvgIpc) is 2.58. The van der Waals surface area contributed by atoms with E-state index in [9.17, 15) is 8.42 Å². The van der Waals surface area contributed by atoms with Crippen LogP contribution < -0.4 is 4.72 Å². The molecule has 2 heterocycles. The standard InChI is InChI=1S/C7H11NO4S/c9-13(10)2-4-5(8-13)1-6-7(4)12-3-11-6/h4-8H,1-3H2. The van der Waals surface area contributed by atoms with E-state index in [1.165, 1.54) is 0 Å². The van der Waals surface area contributed by atoms with Gasteiger partial charge in [0.1, 0.15) is 6.79 Å². The zero-order chi connectivity index (χ0) is 9.05. The summed E-state index contributed by atoms with van der Waals surface area (Å²) in [6, 6.07) is 0.0419. The van der Waals surface area contributed by atoms with Crippen molar-refractivity contribution in [3.63, 3.8) is 0 Å². The van der Waals surface area contributed by atoms with Crippen LogP contribution in [0.2, 0.25) is 0 Å². The third-order valence-electron chi connectivity index (χ3n) is 3.08. The minimum Gasteiger partial charge on any atom is -0.349 e. The second kappa shape index (κ2) is 2.44. The van der Waals surface area contributed by atoms with Crippen LogP contribution in [0, 0.1) is 5.92 Å². The highest BCUT2D eigenvalue weighted by Gasteiger charge is 2.53. The Labute approximate surface area is 76.4 Å². The van der Waals surface area contributed by atoms with Gasteiger partial charge in [0.2, 0.25) is 10.0 Å². The molecule has 0 aromatic carbocycles. The van der Waals surface area contributed by atoms with E-state index in [-0.39, 0.29) is 29.9 Å². The smallest absolute Gasteiger partial charge is 0.212 e. The molecule has 1 aliphatic carbocycles. The van der Waals surface area contributed by atoms with Gasteiger partial charge in [-0.05, 0) is 6.42 Å². The molecule has 0 spiro atoms. The Kier molecular flexibility index (Phi) is 1.53. The second-order valence-electron chi connectivity index (χ2n) is 3.86. The fourth-order valence-corrected chi connectivity index (χ4v) is 4.30. The van der Waals surface area contributed by atoms with Crippen LogP contribution >= 0.6 is 0 Å². The lowest BCUT2D eigenvalue weighted by Gasteiger charge is -2.11. The van der Waals surface area contributed by atoms with Crippen molar-refractivity contribution in [1.82, 2.24) is 4.72 Å². The van der Waals surface area contributed by atoms with E-state index in [2.05, 4.69) is 4.72 Å². The van der Waals surface area contributed by atoms with E-state index in [1.807, 2.05) is 0 Å². The second-order valence-corrected chi connectivity index (χ2v) is 5.66. The highest BCUT2D eigenvalue weighted by atomic mass is 32.2. The Morgan fingerprint density at radius 3 is 3.00 bits per heavy atom. The third-order valence-corrected chi connectivity index (χ3v) is 4.56. The summed E-state index contributed by atoms with van der Waals surface area (Å²) in [5.41, 5.74) is 0. The highest BCUT2D eigenvalue weighted by molar-refractivity contribution is 7.89. The number of nitrogens with one attached hydrogen (secondary N) is 1. The van der Waals surface area contributed by atoms with E-state index in [0.717, 1.165) is 6.42 Å². The number of ether oxygens (including phenoxy) is 2. The van der Waals surface area contributed by atoms with Gasteiger partial charge in [-0.3, -0.25) is 0 Å². The zero-order valence-corrected chi connectivity index (χ0v) is 7.79. The van der Waals surface area contributed by atoms with Crippen molar-refractivity contribution >= 4 is 10.0 Å². The molecule has 2 saturated heterocycles. The predicted octanol–water partition coefficient (Wildman–Crippen LogP) is -0.951. The number of hydrogen-bond donors (Lipinski definition) is 1. The molecular formula is C7H11NO4S. The first kappa shape index (κ1) is 8.16. The van der Waals surface area contributed by atoms with Crippen LogP contribution in [0.3, 0.4) is 0 Å². The first-order valence-electron chi connectivity index (χ1n) is 4.39. The maximum absolute atomic E-state index is 11.2. The maximum Gasteiger partial charge on any atom is 0.212 e. The molecule has 5 nitrogen and oxygen atoms in total. The minimum absolute atomic E-state index is 0.00484. The summed E-state index contributed by atoms with van der Waals surface area (Å²) in [5.74, 6) is 0.292. The number of fused-ring (bicyclic) bond motifs is 3. The maximum atomic E-state index is 11.2. The van der Waals surface area contributed by atoms with Crippen molar-refractivity contribution in [2.75, 3.05) is 12.5 Å². The van der Waals surface area contributed by atoms with Crippen molar-refractivity contribution in [3.8, 4) is 0 Å². The lowest BCUT2D eigenvalue weighted by atomic mass is 10.1. The Morgan fingerprint density at radius 1 is 1.31 bits per heavy atom. The molecule has 4 atom stereocenters. The molecule has 1 N–H and O–H groups in total. The first-order chi connectivity index (χ1) is 6.16. The van der Waals surface area contributed by atoms with Gasteiger partial charge in [-0.25, -0.2) is 13.1 Å². The van der Waals surface area contributed by atoms with Crippen molar-refractivity contribution in [2.45, 2.75) is 24.7 Å². The summed E-state index contributed by atoms with van der Waals surface area (Å²) in [4.78, 5) is 0. The van der Waals surface area contributed by atoms with Crippen molar-refractivity contribution in [1.29, 1.82) is 0 Å². The topological polar surface area (TPSA) is 64.6 Å². The average molecular weight is 205 g/mol. The van der Waals surface area contributed by atoms with Crippen molar-refractivity contribution in [2.24, 2.45) is 5.92 Å². The van der Waals surface area contributed by atoms with Gasteiger partial charge in [0.05, 0.1) is 18.0 Å². The normalized spacial score (nSPS) is 52.0. The Hall–Kier alpha value is -0.170. The van der Waals surface area contributed by atoms with E-state index >= 15 is 0 Å². The van der Waals surface area contributed by atoms with Crippen LogP contribution in [0.5, 0.6) is 0 Å². The Bertz CT molecular complexity index is 327. The molecule has 3 fully saturated rings. The molecule has 3 rings (SSSR count). The molecule has 4 unspecified atom stereocenters. The van der Waals surface area contributed by atoms with Gasteiger partial charge in [0, 0.05) is 12.0 Å². The summed E-state index contributed by atoms with van der Waals surface area (Å²) in [7, 11) is -3.03. The van der Waals surface area contributed by atoms with Crippen LogP contribution in [0.25, 0.3) is 0 Å². The van der Waals surface area contributed by atoms with E-state index < -0.39 is 10.0 Å². The molecule has 3 aliphatic rings. The number of hydrogen-bond acceptors (Lipinski definition) is 4. The molecule has 0 aromatic rings. The molecule has 0 bridgehead atoms. The Morgan fingerprint density at radius 2 is 2.15 bits per heavy atom. The fourth-order valence-electron chi connectivity index (χ4n) is 2.54. The molecule has 0 radical (unpaired) electrons. The van der Waals surface area contributed by atoms with Gasteiger partial charge in [0.25, 0.3) is 0 Å². The largest absolute Gasteiger partial charge is 0.349 e. The number of sulfonamides is 1. The zero-order valence-electron chi connectivity index (χ0n) is 6.97. The molecule has 74 valence electrons. The lowest BCUT2D eigenvalue weighted by Crippen LogP contribution is -2.27. The van der Waals surface area contributed by atoms with Gasteiger partial charge < -0.3 is 9.47 Å². The molecule has 6 heteroatoms. The molecule has 2 aliphatic heterocycles. The monoisotopic (exact) mass is 205 g/mol. The van der Waals surface area contributed by atoms with Crippen LogP contribution in [0.15, 0.2) is 0 Å². The van der Waals surface area contributed by atoms with E-state index in [4.69, 9.17) is 9.47 Å². The predicted molar refractivity (Wildman–Crippen MR) is 43.4 cm³/mol. The molecule has 1 saturated carbocycles. The minimum atomic E-state index is -3.03. The van der Waals surface area contributed by atoms with Gasteiger partial charge >= 0.3 is 0 Å². The third kappa shape index (κ3) is 1.13. The summed E-state index contributed by atoms with van der Waals surface area (Å²) in [6.07, 6.45) is 0.863. The summed E-state index contributed by atoms with van der Waals surface area (Å²) in [5, 5.41) is 0. The quantitative estimate of drug-likeness (QED) is 0.553. The highest BCUT2D eigenvalue weighted by Crippen LogP contribution is 2.38. The molecule has 0 aromatic heterocycles. The molecule has 13 heavy (non-hydrogen) atoms. The van der Waals surface area contributed by atoms with Crippen molar-refractivity contribution in [3.05, 3.63) is 0 Å². The van der Waals surface area contributed by atoms with Crippen LogP contribution in [0.4, 0.5) is 0 Å². The lowest BCUT2D eigenvalue weighted by molar-refractivity contribution is 0.0175. The van der Waals surface area contributed by atoms with Crippen molar-refractivity contribution < 1.29 is 17.9 Å². The summed E-state index contributed by atoms with van der Waals surface area (Å²) >= 11 is 0. The van der Waals surface area contributed by atoms with E-state index in [1.54, 1.807) is 0 Å². The summed E-state index contributed by atoms with van der Waals surface area (Å²) < 4.78 is 35.8. The van der Waals surface area contributed by atoms with Crippen LogP contribution in [0.1, 0.15) is 6.42 Å². The first-order valence-corrected chi connectivity index (χ1v) is 6.04. The van der Waals surface area contributed by atoms with E-state index in [0.29, 0.717) is 6.79 Å². The fraction of sp³-hybridized carbons (Fsp3) is 1.00. The van der Waals surface area contributed by atoms with Gasteiger partial charge in [0.15, 0.2) is 0 Å². The van der Waals surface area contributed by atoms with Crippen LogP contribution in [-0.4, -0.2) is 39.2 Å². The van der Waals surface area contributed by atoms with Gasteiger partial charge in [-0.2, -0.15) is 0 Å². The number of rotatable bonds is 0. The Balaban J connectivity index is 1.88. The molecule has 0 amide bonds.